The summed E-state index contributed by atoms with van der Waals surface area (Å²) in [6.45, 7) is 4.24. The summed E-state index contributed by atoms with van der Waals surface area (Å²) in [7, 11) is 0. The van der Waals surface area contributed by atoms with Gasteiger partial charge in [0, 0.05) is 11.3 Å². The molecule has 2 aliphatic rings. The van der Waals surface area contributed by atoms with Crippen molar-refractivity contribution in [1.29, 1.82) is 0 Å². The predicted molar refractivity (Wildman–Crippen MR) is 99.6 cm³/mol. The molecule has 3 N–H and O–H groups in total. The van der Waals surface area contributed by atoms with Crippen LogP contribution in [-0.4, -0.2) is 38.9 Å². The zero-order chi connectivity index (χ0) is 18.3. The van der Waals surface area contributed by atoms with Gasteiger partial charge < -0.3 is 15.8 Å². The summed E-state index contributed by atoms with van der Waals surface area (Å²) in [5.41, 5.74) is 8.80. The van der Waals surface area contributed by atoms with Crippen LogP contribution in [0.25, 0.3) is 0 Å². The molecule has 3 heterocycles. The lowest BCUT2D eigenvalue weighted by Gasteiger charge is -2.21. The number of nitrogens with one attached hydrogen (secondary N) is 1. The van der Waals surface area contributed by atoms with Crippen LogP contribution in [0.15, 0.2) is 28.5 Å². The van der Waals surface area contributed by atoms with Gasteiger partial charge in [0.05, 0.1) is 17.4 Å². The fourth-order valence-corrected chi connectivity index (χ4v) is 3.71. The van der Waals surface area contributed by atoms with Crippen LogP contribution in [0.5, 0.6) is 5.75 Å². The minimum atomic E-state index is -0.221. The maximum absolute atomic E-state index is 11.5. The molecule has 2 aliphatic heterocycles. The van der Waals surface area contributed by atoms with Crippen LogP contribution in [0, 0.1) is 5.92 Å². The van der Waals surface area contributed by atoms with Gasteiger partial charge in [-0.3, -0.25) is 4.79 Å². The monoisotopic (exact) mass is 372 g/mol. The summed E-state index contributed by atoms with van der Waals surface area (Å²) in [5, 5.41) is 16.8. The predicted octanol–water partition coefficient (Wildman–Crippen LogP) is 2.01. The lowest BCUT2D eigenvalue weighted by molar-refractivity contribution is -0.118. The first kappa shape index (κ1) is 17.0. The molecule has 0 fully saturated rings. The lowest BCUT2D eigenvalue weighted by atomic mass is 10.00. The number of carbonyl (C=O) groups is 1. The van der Waals surface area contributed by atoms with Gasteiger partial charge in [-0.2, -0.15) is 9.78 Å². The molecule has 0 radical (unpaired) electrons. The number of anilines is 1. The molecular weight excluding hydrogens is 352 g/mol. The molecule has 1 aromatic carbocycles. The zero-order valence-corrected chi connectivity index (χ0v) is 15.4. The number of fused-ring (bicyclic) bond motifs is 2. The molecule has 2 atom stereocenters. The van der Waals surface area contributed by atoms with Crippen molar-refractivity contribution in [3.05, 3.63) is 29.6 Å². The summed E-state index contributed by atoms with van der Waals surface area (Å²) in [4.78, 5) is 11.5. The summed E-state index contributed by atoms with van der Waals surface area (Å²) >= 11 is 1.57. The van der Waals surface area contributed by atoms with Crippen molar-refractivity contribution in [3.8, 4) is 5.75 Å². The molecule has 26 heavy (non-hydrogen) atoms. The first-order chi connectivity index (χ1) is 12.6. The van der Waals surface area contributed by atoms with Crippen molar-refractivity contribution >= 4 is 29.1 Å². The zero-order valence-electron chi connectivity index (χ0n) is 14.6. The number of hydrogen-bond acceptors (Lipinski definition) is 7. The number of hydrogen-bond donors (Lipinski definition) is 2. The van der Waals surface area contributed by atoms with Gasteiger partial charge >= 0.3 is 0 Å². The van der Waals surface area contributed by atoms with Crippen molar-refractivity contribution in [2.45, 2.75) is 31.5 Å². The van der Waals surface area contributed by atoms with Gasteiger partial charge in [-0.25, -0.2) is 0 Å². The number of nitrogens with two attached hydrogens (primary N) is 1. The number of nitrogens with zero attached hydrogens (tertiary/aromatic N) is 4. The fourth-order valence-electron chi connectivity index (χ4n) is 2.86. The van der Waals surface area contributed by atoms with Crippen LogP contribution in [0.1, 0.15) is 37.7 Å². The van der Waals surface area contributed by atoms with Crippen LogP contribution in [0.3, 0.4) is 0 Å². The van der Waals surface area contributed by atoms with Gasteiger partial charge in [0.15, 0.2) is 12.4 Å². The maximum atomic E-state index is 11.5. The summed E-state index contributed by atoms with van der Waals surface area (Å²) in [5.74, 6) is 2.14. The highest BCUT2D eigenvalue weighted by atomic mass is 32.2. The molecule has 0 saturated carbocycles. The SMILES string of the molecule is CCC(C)C(N)c1nnc2n1N=C(c1ccc3c(c1)NC(=O)CO3)CS2. The van der Waals surface area contributed by atoms with E-state index in [2.05, 4.69) is 29.4 Å². The Hall–Kier alpha value is -2.39. The van der Waals surface area contributed by atoms with Gasteiger partial charge in [-0.05, 0) is 24.1 Å². The summed E-state index contributed by atoms with van der Waals surface area (Å²) < 4.78 is 7.16. The second kappa shape index (κ2) is 6.73. The third-order valence-electron chi connectivity index (χ3n) is 4.70. The van der Waals surface area contributed by atoms with E-state index in [1.807, 2.05) is 18.2 Å². The standard InChI is InChI=1S/C17H20N6O2S/c1-3-9(2)15(18)16-20-21-17-23(16)22-12(8-26-17)10-4-5-13-11(6-10)19-14(24)7-25-13/h4-6,9,15H,3,7-8,18H2,1-2H3,(H,19,24). The molecule has 2 aromatic rings. The Bertz CT molecular complexity index is 893. The number of carbonyl (C=O) groups excluding carboxylic acids is 1. The molecule has 1 aromatic heterocycles. The van der Waals surface area contributed by atoms with Gasteiger partial charge in [0.2, 0.25) is 5.16 Å². The van der Waals surface area contributed by atoms with Crippen LogP contribution >= 0.6 is 11.8 Å². The Balaban J connectivity index is 1.69. The van der Waals surface area contributed by atoms with E-state index in [9.17, 15) is 4.79 Å². The minimum absolute atomic E-state index is 0.0457. The van der Waals surface area contributed by atoms with Crippen LogP contribution in [0.4, 0.5) is 5.69 Å². The van der Waals surface area contributed by atoms with Crippen molar-refractivity contribution in [2.24, 2.45) is 16.8 Å². The molecule has 0 spiro atoms. The second-order valence-corrected chi connectivity index (χ2v) is 7.39. The van der Waals surface area contributed by atoms with Crippen LogP contribution in [0.2, 0.25) is 0 Å². The summed E-state index contributed by atoms with van der Waals surface area (Å²) in [6.07, 6.45) is 0.956. The number of aromatic nitrogens is 3. The maximum Gasteiger partial charge on any atom is 0.262 e. The largest absolute Gasteiger partial charge is 0.482 e. The number of benzene rings is 1. The second-order valence-electron chi connectivity index (χ2n) is 6.45. The van der Waals surface area contributed by atoms with Gasteiger partial charge in [0.25, 0.3) is 5.91 Å². The van der Waals surface area contributed by atoms with Crippen molar-refractivity contribution in [2.75, 3.05) is 17.7 Å². The Morgan fingerprint density at radius 1 is 1.42 bits per heavy atom. The number of thioether (sulfide) groups is 1. The molecular formula is C17H20N6O2S. The average molecular weight is 372 g/mol. The normalized spacial score (nSPS) is 18.1. The molecule has 0 saturated heterocycles. The lowest BCUT2D eigenvalue weighted by Crippen LogP contribution is -2.26. The molecule has 1 amide bonds. The van der Waals surface area contributed by atoms with E-state index in [-0.39, 0.29) is 24.5 Å². The number of ether oxygens (including phenoxy) is 1. The van der Waals surface area contributed by atoms with E-state index in [0.29, 0.717) is 23.0 Å². The highest BCUT2D eigenvalue weighted by molar-refractivity contribution is 7.99. The average Bonchev–Trinajstić information content (AvgIpc) is 3.09. The Labute approximate surface area is 155 Å². The van der Waals surface area contributed by atoms with Crippen molar-refractivity contribution in [3.63, 3.8) is 0 Å². The topological polar surface area (TPSA) is 107 Å². The molecule has 136 valence electrons. The van der Waals surface area contributed by atoms with Gasteiger partial charge in [-0.1, -0.05) is 32.0 Å². The summed E-state index contributed by atoms with van der Waals surface area (Å²) in [6, 6.07) is 5.46. The molecule has 4 rings (SSSR count). The smallest absolute Gasteiger partial charge is 0.262 e. The van der Waals surface area contributed by atoms with E-state index in [1.54, 1.807) is 16.4 Å². The highest BCUT2D eigenvalue weighted by Crippen LogP contribution is 2.32. The van der Waals surface area contributed by atoms with Crippen LogP contribution < -0.4 is 15.8 Å². The Morgan fingerprint density at radius 3 is 3.08 bits per heavy atom. The van der Waals surface area contributed by atoms with Crippen molar-refractivity contribution in [1.82, 2.24) is 14.9 Å². The van der Waals surface area contributed by atoms with E-state index in [4.69, 9.17) is 15.6 Å². The van der Waals surface area contributed by atoms with Gasteiger partial charge in [-0.15, -0.1) is 10.2 Å². The Kier molecular flexibility index (Phi) is 4.41. The molecule has 9 heteroatoms. The highest BCUT2D eigenvalue weighted by Gasteiger charge is 2.26. The molecule has 2 unspecified atom stereocenters. The fraction of sp³-hybridized carbons (Fsp3) is 0.412. The molecule has 8 nitrogen and oxygen atoms in total. The van der Waals surface area contributed by atoms with Crippen LogP contribution in [-0.2, 0) is 4.79 Å². The van der Waals surface area contributed by atoms with Crippen molar-refractivity contribution < 1.29 is 9.53 Å². The van der Waals surface area contributed by atoms with Gasteiger partial charge in [0.1, 0.15) is 5.75 Å². The van der Waals surface area contributed by atoms with E-state index in [1.165, 1.54) is 0 Å². The quantitative estimate of drug-likeness (QED) is 0.850. The number of rotatable bonds is 4. The van der Waals surface area contributed by atoms with E-state index < -0.39 is 0 Å². The Morgan fingerprint density at radius 2 is 2.27 bits per heavy atom. The van der Waals surface area contributed by atoms with E-state index in [0.717, 1.165) is 22.9 Å². The first-order valence-corrected chi connectivity index (χ1v) is 9.54. The molecule has 0 aliphatic carbocycles. The third-order valence-corrected chi connectivity index (χ3v) is 5.63. The number of amides is 1. The first-order valence-electron chi connectivity index (χ1n) is 8.55. The third kappa shape index (κ3) is 2.97. The van der Waals surface area contributed by atoms with E-state index >= 15 is 0 Å². The molecule has 0 bridgehead atoms. The minimum Gasteiger partial charge on any atom is -0.482 e.